The van der Waals surface area contributed by atoms with Gasteiger partial charge in [-0.3, -0.25) is 4.99 Å². The van der Waals surface area contributed by atoms with Gasteiger partial charge in [-0.1, -0.05) is 32.9 Å². The zero-order valence-corrected chi connectivity index (χ0v) is 20.1. The molecule has 1 heterocycles. The third-order valence-electron chi connectivity index (χ3n) is 4.44. The number of benzene rings is 1. The first-order valence-corrected chi connectivity index (χ1v) is 9.78. The van der Waals surface area contributed by atoms with Crippen molar-refractivity contribution in [2.45, 2.75) is 51.7 Å². The van der Waals surface area contributed by atoms with E-state index in [1.807, 2.05) is 12.1 Å². The highest BCUT2D eigenvalue weighted by Crippen LogP contribution is 2.25. The van der Waals surface area contributed by atoms with Gasteiger partial charge in [0.25, 0.3) is 0 Å². The minimum Gasteiger partial charge on any atom is -0.492 e. The number of halogens is 1. The molecule has 1 saturated heterocycles. The largest absolute Gasteiger partial charge is 0.492 e. The van der Waals surface area contributed by atoms with E-state index >= 15 is 0 Å². The average Bonchev–Trinajstić information content (AvgIpc) is 3.15. The molecule has 1 fully saturated rings. The van der Waals surface area contributed by atoms with Crippen molar-refractivity contribution in [1.82, 2.24) is 10.6 Å². The van der Waals surface area contributed by atoms with E-state index in [4.69, 9.17) is 14.2 Å². The summed E-state index contributed by atoms with van der Waals surface area (Å²) < 4.78 is 17.0. The fourth-order valence-corrected chi connectivity index (χ4v) is 2.79. The van der Waals surface area contributed by atoms with Crippen molar-refractivity contribution in [3.63, 3.8) is 0 Å². The minimum atomic E-state index is 0. The van der Waals surface area contributed by atoms with Gasteiger partial charge in [0.05, 0.1) is 25.9 Å². The van der Waals surface area contributed by atoms with Gasteiger partial charge in [-0.2, -0.15) is 0 Å². The van der Waals surface area contributed by atoms with Gasteiger partial charge < -0.3 is 24.8 Å². The molecule has 2 unspecified atom stereocenters. The maximum Gasteiger partial charge on any atom is 0.191 e. The van der Waals surface area contributed by atoms with Crippen LogP contribution in [0.4, 0.5) is 0 Å². The van der Waals surface area contributed by atoms with Crippen LogP contribution >= 0.6 is 24.0 Å². The van der Waals surface area contributed by atoms with Gasteiger partial charge in [0.2, 0.25) is 0 Å². The summed E-state index contributed by atoms with van der Waals surface area (Å²) >= 11 is 0. The molecule has 0 aromatic heterocycles. The number of ether oxygens (including phenoxy) is 3. The molecule has 0 amide bonds. The molecule has 0 saturated carbocycles. The molecule has 0 radical (unpaired) electrons. The first-order valence-electron chi connectivity index (χ1n) is 9.78. The van der Waals surface area contributed by atoms with Crippen LogP contribution in [0.3, 0.4) is 0 Å². The molecule has 0 bridgehead atoms. The lowest BCUT2D eigenvalue weighted by molar-refractivity contribution is 0.0347. The van der Waals surface area contributed by atoms with Crippen LogP contribution < -0.4 is 15.4 Å². The Kier molecular flexibility index (Phi) is 11.1. The van der Waals surface area contributed by atoms with Crippen LogP contribution in [0, 0.1) is 0 Å². The van der Waals surface area contributed by atoms with E-state index in [1.165, 1.54) is 5.56 Å². The Morgan fingerprint density at radius 3 is 2.79 bits per heavy atom. The molecule has 2 N–H and O–H groups in total. The van der Waals surface area contributed by atoms with Crippen molar-refractivity contribution in [2.75, 3.05) is 40.0 Å². The number of guanidine groups is 1. The fraction of sp³-hybridized carbons (Fsp3) is 0.667. The minimum absolute atomic E-state index is 0. The van der Waals surface area contributed by atoms with Gasteiger partial charge in [0.1, 0.15) is 12.4 Å². The van der Waals surface area contributed by atoms with E-state index in [0.717, 1.165) is 24.7 Å². The van der Waals surface area contributed by atoms with Crippen LogP contribution in [0.5, 0.6) is 5.75 Å². The molecule has 0 aliphatic carbocycles. The molecule has 28 heavy (non-hydrogen) atoms. The quantitative estimate of drug-likeness (QED) is 0.246. The maximum absolute atomic E-state index is 5.87. The Labute approximate surface area is 186 Å². The topological polar surface area (TPSA) is 64.1 Å². The number of nitrogens with one attached hydrogen (secondary N) is 2. The first kappa shape index (κ1) is 25.0. The summed E-state index contributed by atoms with van der Waals surface area (Å²) in [5.74, 6) is 1.65. The third-order valence-corrected chi connectivity index (χ3v) is 4.44. The predicted octanol–water partition coefficient (Wildman–Crippen LogP) is 3.34. The van der Waals surface area contributed by atoms with Crippen molar-refractivity contribution >= 4 is 29.9 Å². The third kappa shape index (κ3) is 8.96. The van der Waals surface area contributed by atoms with Crippen molar-refractivity contribution in [3.05, 3.63) is 29.8 Å². The molecule has 1 aliphatic heterocycles. The molecule has 7 heteroatoms. The summed E-state index contributed by atoms with van der Waals surface area (Å²) in [7, 11) is 1.77. The smallest absolute Gasteiger partial charge is 0.191 e. The van der Waals surface area contributed by atoms with E-state index in [1.54, 1.807) is 7.05 Å². The Bertz CT molecular complexity index is 599. The van der Waals surface area contributed by atoms with Crippen LogP contribution in [-0.2, 0) is 14.9 Å². The van der Waals surface area contributed by atoms with E-state index in [9.17, 15) is 0 Å². The van der Waals surface area contributed by atoms with Crippen molar-refractivity contribution in [3.8, 4) is 5.75 Å². The van der Waals surface area contributed by atoms with Gasteiger partial charge >= 0.3 is 0 Å². The molecule has 1 aromatic rings. The van der Waals surface area contributed by atoms with Crippen LogP contribution in [0.2, 0.25) is 0 Å². The van der Waals surface area contributed by atoms with E-state index in [-0.39, 0.29) is 41.5 Å². The molecule has 2 atom stereocenters. The molecule has 6 nitrogen and oxygen atoms in total. The predicted molar refractivity (Wildman–Crippen MR) is 125 cm³/mol. The molecular formula is C21H36IN3O3. The molecule has 1 aromatic carbocycles. The number of hydrogen-bond donors (Lipinski definition) is 2. The Hall–Kier alpha value is -1.06. The highest BCUT2D eigenvalue weighted by atomic mass is 127. The Morgan fingerprint density at radius 1 is 1.36 bits per heavy atom. The number of nitrogens with zero attached hydrogens (tertiary/aromatic N) is 1. The first-order chi connectivity index (χ1) is 12.9. The second-order valence-corrected chi connectivity index (χ2v) is 7.99. The normalized spacial score (nSPS) is 18.3. The second kappa shape index (κ2) is 12.5. The molecule has 160 valence electrons. The van der Waals surface area contributed by atoms with Gasteiger partial charge in [0, 0.05) is 19.7 Å². The zero-order valence-electron chi connectivity index (χ0n) is 17.8. The number of rotatable bonds is 8. The molecule has 2 rings (SSSR count). The number of aliphatic imine (C=N–C) groups is 1. The van der Waals surface area contributed by atoms with E-state index < -0.39 is 0 Å². The molecular weight excluding hydrogens is 469 g/mol. The lowest BCUT2D eigenvalue weighted by Crippen LogP contribution is -2.45. The van der Waals surface area contributed by atoms with Crippen LogP contribution in [-0.4, -0.2) is 58.1 Å². The second-order valence-electron chi connectivity index (χ2n) is 7.99. The van der Waals surface area contributed by atoms with E-state index in [2.05, 4.69) is 55.5 Å². The van der Waals surface area contributed by atoms with Gasteiger partial charge in [-0.25, -0.2) is 0 Å². The number of hydrogen-bond acceptors (Lipinski definition) is 4. The highest BCUT2D eigenvalue weighted by molar-refractivity contribution is 14.0. The molecule has 1 aliphatic rings. The standard InChI is InChI=1S/C21H35N3O3.HI/c1-16(14-27-19-9-11-25-15-19)24-20(22-5)23-10-12-26-18-8-6-7-17(13-18)21(2,3)4;/h6-8,13,16,19H,9-12,14-15H2,1-5H3,(H2,22,23,24);1H. The fourth-order valence-electron chi connectivity index (χ4n) is 2.79. The Morgan fingerprint density at radius 2 is 2.14 bits per heavy atom. The summed E-state index contributed by atoms with van der Waals surface area (Å²) in [6.45, 7) is 12.1. The van der Waals surface area contributed by atoms with E-state index in [0.29, 0.717) is 26.4 Å². The molecule has 0 spiro atoms. The summed E-state index contributed by atoms with van der Waals surface area (Å²) in [5, 5.41) is 6.61. The summed E-state index contributed by atoms with van der Waals surface area (Å²) in [5.41, 5.74) is 1.39. The van der Waals surface area contributed by atoms with Gasteiger partial charge in [-0.05, 0) is 36.5 Å². The Balaban J connectivity index is 0.00000392. The zero-order chi connectivity index (χ0) is 19.7. The maximum atomic E-state index is 5.87. The van der Waals surface area contributed by atoms with Gasteiger partial charge in [-0.15, -0.1) is 24.0 Å². The van der Waals surface area contributed by atoms with Crippen LogP contribution in [0.1, 0.15) is 39.7 Å². The van der Waals surface area contributed by atoms with Crippen molar-refractivity contribution < 1.29 is 14.2 Å². The van der Waals surface area contributed by atoms with Crippen molar-refractivity contribution in [2.24, 2.45) is 4.99 Å². The summed E-state index contributed by atoms with van der Waals surface area (Å²) in [6, 6.07) is 8.45. The van der Waals surface area contributed by atoms with Gasteiger partial charge in [0.15, 0.2) is 5.96 Å². The van der Waals surface area contributed by atoms with Crippen LogP contribution in [0.25, 0.3) is 0 Å². The average molecular weight is 505 g/mol. The van der Waals surface area contributed by atoms with Crippen molar-refractivity contribution in [1.29, 1.82) is 0 Å². The highest BCUT2D eigenvalue weighted by Gasteiger charge is 2.17. The lowest BCUT2D eigenvalue weighted by atomic mass is 9.87. The summed E-state index contributed by atoms with van der Waals surface area (Å²) in [6.07, 6.45) is 1.20. The monoisotopic (exact) mass is 505 g/mol. The lowest BCUT2D eigenvalue weighted by Gasteiger charge is -2.20. The summed E-state index contributed by atoms with van der Waals surface area (Å²) in [4.78, 5) is 4.26. The SMILES string of the molecule is CN=C(NCCOc1cccc(C(C)(C)C)c1)NC(C)COC1CCOC1.I. The van der Waals surface area contributed by atoms with Crippen LogP contribution in [0.15, 0.2) is 29.3 Å².